The first-order valence-electron chi connectivity index (χ1n) is 8.23. The van der Waals surface area contributed by atoms with Crippen LogP contribution in [0.2, 0.25) is 0 Å². The second-order valence-electron chi connectivity index (χ2n) is 6.15. The minimum atomic E-state index is -1.12. The summed E-state index contributed by atoms with van der Waals surface area (Å²) in [5.74, 6) is -0.745. The molecule has 2 aliphatic rings. The molecule has 0 spiro atoms. The number of aliphatic hydroxyl groups is 1. The lowest BCUT2D eigenvalue weighted by molar-refractivity contribution is -0.157. The Morgan fingerprint density at radius 2 is 2.23 bits per heavy atom. The number of aliphatic carboxylic acids is 1. The molecule has 2 aliphatic heterocycles. The molecule has 0 unspecified atom stereocenters. The van der Waals surface area contributed by atoms with E-state index in [1.807, 2.05) is 31.2 Å². The summed E-state index contributed by atoms with van der Waals surface area (Å²) in [7, 11) is 0. The average molecular weight is 391 g/mol. The van der Waals surface area contributed by atoms with Gasteiger partial charge in [-0.1, -0.05) is 30.8 Å². The van der Waals surface area contributed by atoms with Crippen LogP contribution in [-0.4, -0.2) is 48.4 Å². The maximum Gasteiger partial charge on any atom is 0.354 e. The van der Waals surface area contributed by atoms with E-state index in [4.69, 9.17) is 0 Å². The van der Waals surface area contributed by atoms with Gasteiger partial charge in [-0.15, -0.1) is 11.8 Å². The van der Waals surface area contributed by atoms with Gasteiger partial charge in [-0.05, 0) is 18.6 Å². The zero-order chi connectivity index (χ0) is 18.4. The molecule has 4 rings (SSSR count). The van der Waals surface area contributed by atoms with E-state index in [0.717, 1.165) is 16.9 Å². The Labute approximate surface area is 157 Å². The van der Waals surface area contributed by atoms with Crippen LogP contribution < -0.4 is 0 Å². The van der Waals surface area contributed by atoms with Crippen LogP contribution >= 0.6 is 23.5 Å². The van der Waals surface area contributed by atoms with E-state index in [-0.39, 0.29) is 17.0 Å². The van der Waals surface area contributed by atoms with Crippen LogP contribution in [0.4, 0.5) is 0 Å². The molecule has 0 radical (unpaired) electrons. The monoisotopic (exact) mass is 391 g/mol. The number of carbonyl (C=O) groups excluding carboxylic acids is 1. The number of rotatable bonds is 6. The van der Waals surface area contributed by atoms with E-state index < -0.39 is 18.0 Å². The maximum absolute atomic E-state index is 12.3. The number of nitrogens with one attached hydrogen (secondary N) is 1. The quantitative estimate of drug-likeness (QED) is 0.649. The van der Waals surface area contributed by atoms with E-state index >= 15 is 0 Å². The summed E-state index contributed by atoms with van der Waals surface area (Å²) in [5, 5.41) is 19.3. The summed E-state index contributed by atoms with van der Waals surface area (Å²) >= 11 is 2.70. The lowest BCUT2D eigenvalue weighted by atomic mass is 9.90. The number of aliphatic hydroxyl groups excluding tert-OH is 1. The van der Waals surface area contributed by atoms with Crippen LogP contribution in [0.3, 0.4) is 0 Å². The molecule has 2 aromatic rings. The van der Waals surface area contributed by atoms with Crippen LogP contribution in [0.1, 0.15) is 19.2 Å². The summed E-state index contributed by atoms with van der Waals surface area (Å²) in [5.41, 5.74) is 1.81. The standard InChI is InChI=1S/C17H17N3O4S2/c1-2-10(21)12-14(22)20-13(16(23)24)17(26-15(12)20)25-7-11-18-8-5-3-4-6-9(8)19-11/h3-6,10,12,15,21H,2,7H2,1H3,(H,18,19)(H,23,24)/t10-,12+,15+/m0/s1. The molecule has 3 heterocycles. The normalized spacial score (nSPS) is 23.3. The fourth-order valence-electron chi connectivity index (χ4n) is 3.22. The third-order valence-electron chi connectivity index (χ3n) is 4.56. The third kappa shape index (κ3) is 2.70. The predicted molar refractivity (Wildman–Crippen MR) is 100 cm³/mol. The molecule has 136 valence electrons. The summed E-state index contributed by atoms with van der Waals surface area (Å²) in [4.78, 5) is 33.0. The fourth-order valence-corrected chi connectivity index (χ4v) is 5.97. The number of carboxylic acids is 1. The van der Waals surface area contributed by atoms with Gasteiger partial charge in [-0.2, -0.15) is 0 Å². The Balaban J connectivity index is 1.54. The highest BCUT2D eigenvalue weighted by molar-refractivity contribution is 8.22. The van der Waals surface area contributed by atoms with Crippen molar-refractivity contribution in [3.63, 3.8) is 0 Å². The molecule has 1 aromatic heterocycles. The van der Waals surface area contributed by atoms with Gasteiger partial charge in [0.25, 0.3) is 0 Å². The van der Waals surface area contributed by atoms with Gasteiger partial charge >= 0.3 is 5.97 Å². The molecule has 9 heteroatoms. The predicted octanol–water partition coefficient (Wildman–Crippen LogP) is 2.35. The summed E-state index contributed by atoms with van der Waals surface area (Å²) in [6.45, 7) is 1.81. The highest BCUT2D eigenvalue weighted by atomic mass is 32.2. The van der Waals surface area contributed by atoms with Gasteiger partial charge in [0, 0.05) is 0 Å². The molecule has 1 aromatic carbocycles. The molecule has 0 aliphatic carbocycles. The number of hydrogen-bond donors (Lipinski definition) is 3. The number of aromatic amines is 1. The fraction of sp³-hybridized carbons (Fsp3) is 0.353. The van der Waals surface area contributed by atoms with Crippen molar-refractivity contribution in [2.75, 3.05) is 0 Å². The second-order valence-corrected chi connectivity index (χ2v) is 8.52. The Morgan fingerprint density at radius 1 is 1.46 bits per heavy atom. The SMILES string of the molecule is CC[C@H](O)[C@@H]1C(=O)N2C(C(=O)O)=C(SCc3nc4ccccc4[nH]3)S[C@H]12. The lowest BCUT2D eigenvalue weighted by Gasteiger charge is -2.44. The number of β-lactam (4-membered cyclic amide) rings is 1. The highest BCUT2D eigenvalue weighted by Crippen LogP contribution is 2.54. The van der Waals surface area contributed by atoms with Gasteiger partial charge in [0.2, 0.25) is 5.91 Å². The molecule has 26 heavy (non-hydrogen) atoms. The number of imidazole rings is 1. The van der Waals surface area contributed by atoms with Crippen LogP contribution in [0.25, 0.3) is 11.0 Å². The van der Waals surface area contributed by atoms with Gasteiger partial charge in [-0.3, -0.25) is 9.69 Å². The number of fused-ring (bicyclic) bond motifs is 2. The minimum Gasteiger partial charge on any atom is -0.477 e. The maximum atomic E-state index is 12.3. The second kappa shape index (κ2) is 6.64. The van der Waals surface area contributed by atoms with Crippen molar-refractivity contribution >= 4 is 46.4 Å². The molecule has 0 saturated carbocycles. The van der Waals surface area contributed by atoms with Crippen molar-refractivity contribution in [2.45, 2.75) is 30.6 Å². The van der Waals surface area contributed by atoms with Crippen molar-refractivity contribution in [1.82, 2.24) is 14.9 Å². The average Bonchev–Trinajstić information content (AvgIpc) is 3.18. The topological polar surface area (TPSA) is 107 Å². The lowest BCUT2D eigenvalue weighted by Crippen LogP contribution is -2.61. The molecule has 7 nitrogen and oxygen atoms in total. The van der Waals surface area contributed by atoms with Crippen molar-refractivity contribution in [3.05, 3.63) is 40.0 Å². The van der Waals surface area contributed by atoms with Crippen LogP contribution in [0, 0.1) is 5.92 Å². The Bertz CT molecular complexity index is 893. The van der Waals surface area contributed by atoms with Gasteiger partial charge < -0.3 is 15.2 Å². The summed E-state index contributed by atoms with van der Waals surface area (Å²) in [6.07, 6.45) is -0.281. The molecule has 1 fully saturated rings. The molecule has 0 bridgehead atoms. The van der Waals surface area contributed by atoms with Gasteiger partial charge in [0.05, 0.1) is 33.0 Å². The van der Waals surface area contributed by atoms with Crippen molar-refractivity contribution in [1.29, 1.82) is 0 Å². The summed E-state index contributed by atoms with van der Waals surface area (Å²) < 4.78 is 0.585. The van der Waals surface area contributed by atoms with Gasteiger partial charge in [0.15, 0.2) is 5.70 Å². The molecule has 3 N–H and O–H groups in total. The zero-order valence-electron chi connectivity index (χ0n) is 13.9. The molecular formula is C17H17N3O4S2. The van der Waals surface area contributed by atoms with Crippen molar-refractivity contribution in [2.24, 2.45) is 5.92 Å². The molecule has 3 atom stereocenters. The summed E-state index contributed by atoms with van der Waals surface area (Å²) in [6, 6.07) is 7.68. The first-order valence-corrected chi connectivity index (χ1v) is 10.1. The largest absolute Gasteiger partial charge is 0.477 e. The number of amides is 1. The Morgan fingerprint density at radius 3 is 2.92 bits per heavy atom. The molecular weight excluding hydrogens is 374 g/mol. The number of para-hydroxylation sites is 2. The Kier molecular flexibility index (Phi) is 4.45. The third-order valence-corrected chi connectivity index (χ3v) is 7.23. The molecule has 1 amide bonds. The number of carboxylic acid groups (broad SMARTS) is 1. The number of nitrogens with zero attached hydrogens (tertiary/aromatic N) is 2. The van der Waals surface area contributed by atoms with E-state index in [1.54, 1.807) is 0 Å². The number of carbonyl (C=O) groups is 2. The van der Waals surface area contributed by atoms with Gasteiger partial charge in [0.1, 0.15) is 11.2 Å². The van der Waals surface area contributed by atoms with Crippen LogP contribution in [0.5, 0.6) is 0 Å². The molecule has 1 saturated heterocycles. The van der Waals surface area contributed by atoms with E-state index in [2.05, 4.69) is 9.97 Å². The number of thioether (sulfide) groups is 2. The van der Waals surface area contributed by atoms with Gasteiger partial charge in [-0.25, -0.2) is 9.78 Å². The van der Waals surface area contributed by atoms with Crippen LogP contribution in [0.15, 0.2) is 34.2 Å². The first kappa shape index (κ1) is 17.4. The van der Waals surface area contributed by atoms with E-state index in [9.17, 15) is 19.8 Å². The number of hydrogen-bond acceptors (Lipinski definition) is 6. The van der Waals surface area contributed by atoms with Crippen LogP contribution in [-0.2, 0) is 15.3 Å². The van der Waals surface area contributed by atoms with E-state index in [1.165, 1.54) is 28.4 Å². The number of benzene rings is 1. The van der Waals surface area contributed by atoms with Crippen molar-refractivity contribution in [3.8, 4) is 0 Å². The zero-order valence-corrected chi connectivity index (χ0v) is 15.5. The van der Waals surface area contributed by atoms with Crippen molar-refractivity contribution < 1.29 is 19.8 Å². The minimum absolute atomic E-state index is 0.0191. The van der Waals surface area contributed by atoms with E-state index in [0.29, 0.717) is 16.4 Å². The smallest absolute Gasteiger partial charge is 0.354 e. The number of H-pyrrole nitrogens is 1. The number of aromatic nitrogens is 2. The highest BCUT2D eigenvalue weighted by Gasteiger charge is 2.58. The Hall–Kier alpha value is -1.97. The first-order chi connectivity index (χ1) is 12.5.